The van der Waals surface area contributed by atoms with Crippen LogP contribution >= 0.6 is 0 Å². The molecule has 1 unspecified atom stereocenters. The molecule has 0 spiro atoms. The summed E-state index contributed by atoms with van der Waals surface area (Å²) in [6.45, 7) is 1.38. The van der Waals surface area contributed by atoms with Gasteiger partial charge in [0.25, 0.3) is 0 Å². The Balaban J connectivity index is 2.34. The van der Waals surface area contributed by atoms with Gasteiger partial charge in [0.15, 0.2) is 0 Å². The smallest absolute Gasteiger partial charge is 0.306 e. The van der Waals surface area contributed by atoms with E-state index in [1.165, 1.54) is 13.3 Å². The number of hydrogen-bond donors (Lipinski definition) is 3. The number of aliphatic hydroxyl groups is 1. The third-order valence-electron chi connectivity index (χ3n) is 3.04. The van der Waals surface area contributed by atoms with Crippen molar-refractivity contribution in [1.82, 2.24) is 5.32 Å². The molecule has 0 saturated heterocycles. The molecule has 1 amide bonds. The van der Waals surface area contributed by atoms with Gasteiger partial charge in [-0.2, -0.15) is 0 Å². The molecular formula is C12H21NO4. The quantitative estimate of drug-likeness (QED) is 0.673. The Bertz CT molecular complexity index is 282. The van der Waals surface area contributed by atoms with Gasteiger partial charge in [0.05, 0.1) is 18.4 Å². The maximum atomic E-state index is 11.6. The molecule has 0 aromatic rings. The Kier molecular flexibility index (Phi) is 4.93. The second-order valence-electron chi connectivity index (χ2n) is 5.15. The zero-order chi connectivity index (χ0) is 12.9. The van der Waals surface area contributed by atoms with Crippen LogP contribution in [0.15, 0.2) is 0 Å². The number of carbonyl (C=O) groups excluding carboxylic acids is 1. The summed E-state index contributed by atoms with van der Waals surface area (Å²) in [7, 11) is 0. The lowest BCUT2D eigenvalue weighted by atomic mass is 9.94. The van der Waals surface area contributed by atoms with Crippen LogP contribution in [0.3, 0.4) is 0 Å². The first-order valence-electron chi connectivity index (χ1n) is 6.12. The van der Waals surface area contributed by atoms with E-state index in [2.05, 4.69) is 5.32 Å². The molecule has 0 bridgehead atoms. The van der Waals surface area contributed by atoms with Crippen molar-refractivity contribution in [2.75, 3.05) is 0 Å². The van der Waals surface area contributed by atoms with Gasteiger partial charge in [-0.25, -0.2) is 0 Å². The molecule has 1 rings (SSSR count). The number of aliphatic carboxylic acids is 1. The predicted octanol–water partition coefficient (Wildman–Crippen LogP) is 1.05. The van der Waals surface area contributed by atoms with Crippen LogP contribution in [0.5, 0.6) is 0 Å². The monoisotopic (exact) mass is 243 g/mol. The average molecular weight is 243 g/mol. The maximum Gasteiger partial charge on any atom is 0.306 e. The van der Waals surface area contributed by atoms with E-state index in [9.17, 15) is 14.7 Å². The first-order valence-corrected chi connectivity index (χ1v) is 6.12. The highest BCUT2D eigenvalue weighted by atomic mass is 16.4. The molecule has 0 heterocycles. The Morgan fingerprint density at radius 1 is 1.24 bits per heavy atom. The largest absolute Gasteiger partial charge is 0.481 e. The number of hydrogen-bond acceptors (Lipinski definition) is 3. The van der Waals surface area contributed by atoms with Crippen molar-refractivity contribution in [2.45, 2.75) is 63.5 Å². The van der Waals surface area contributed by atoms with E-state index in [0.29, 0.717) is 0 Å². The Hall–Kier alpha value is -1.10. The lowest BCUT2D eigenvalue weighted by molar-refractivity contribution is -0.143. The average Bonchev–Trinajstić information content (AvgIpc) is 2.15. The number of amides is 1. The summed E-state index contributed by atoms with van der Waals surface area (Å²) in [6, 6.07) is 0.192. The Morgan fingerprint density at radius 3 is 2.35 bits per heavy atom. The van der Waals surface area contributed by atoms with Crippen LogP contribution in [0.25, 0.3) is 0 Å². The number of carboxylic acid groups (broad SMARTS) is 1. The molecule has 3 N–H and O–H groups in total. The summed E-state index contributed by atoms with van der Waals surface area (Å²) in [5.41, 5.74) is -1.47. The Labute approximate surface area is 101 Å². The molecule has 0 radical (unpaired) electrons. The lowest BCUT2D eigenvalue weighted by Crippen LogP contribution is -2.41. The van der Waals surface area contributed by atoms with Crippen molar-refractivity contribution < 1.29 is 19.8 Å². The van der Waals surface area contributed by atoms with Crippen molar-refractivity contribution in [1.29, 1.82) is 0 Å². The normalized spacial score (nSPS) is 20.6. The predicted molar refractivity (Wildman–Crippen MR) is 62.5 cm³/mol. The third kappa shape index (κ3) is 5.68. The fourth-order valence-corrected chi connectivity index (χ4v) is 2.26. The van der Waals surface area contributed by atoms with Crippen molar-refractivity contribution in [2.24, 2.45) is 0 Å². The molecule has 0 aliphatic heterocycles. The van der Waals surface area contributed by atoms with E-state index in [1.807, 2.05) is 0 Å². The summed E-state index contributed by atoms with van der Waals surface area (Å²) in [6.07, 6.45) is 4.84. The van der Waals surface area contributed by atoms with Crippen molar-refractivity contribution in [3.8, 4) is 0 Å². The van der Waals surface area contributed by atoms with E-state index >= 15 is 0 Å². The maximum absolute atomic E-state index is 11.6. The van der Waals surface area contributed by atoms with Crippen LogP contribution in [0.2, 0.25) is 0 Å². The molecular weight excluding hydrogens is 222 g/mol. The molecule has 1 fully saturated rings. The van der Waals surface area contributed by atoms with E-state index in [-0.39, 0.29) is 18.4 Å². The third-order valence-corrected chi connectivity index (χ3v) is 3.04. The van der Waals surface area contributed by atoms with Gasteiger partial charge in [-0.3, -0.25) is 9.59 Å². The molecule has 0 aromatic heterocycles. The number of carbonyl (C=O) groups is 2. The van der Waals surface area contributed by atoms with Crippen molar-refractivity contribution in [3.05, 3.63) is 0 Å². The van der Waals surface area contributed by atoms with E-state index < -0.39 is 18.0 Å². The van der Waals surface area contributed by atoms with Crippen LogP contribution < -0.4 is 5.32 Å². The van der Waals surface area contributed by atoms with Crippen LogP contribution in [0, 0.1) is 0 Å². The summed E-state index contributed by atoms with van der Waals surface area (Å²) in [4.78, 5) is 22.1. The summed E-state index contributed by atoms with van der Waals surface area (Å²) < 4.78 is 0. The van der Waals surface area contributed by atoms with Gasteiger partial charge < -0.3 is 15.5 Å². The lowest BCUT2D eigenvalue weighted by Gasteiger charge is -2.25. The SMILES string of the molecule is CC(O)(CC(=O)O)CC(=O)NC1CCCCC1. The fraction of sp³-hybridized carbons (Fsp3) is 0.833. The van der Waals surface area contributed by atoms with Gasteiger partial charge in [0.1, 0.15) is 0 Å². The zero-order valence-electron chi connectivity index (χ0n) is 10.2. The van der Waals surface area contributed by atoms with Crippen LogP contribution in [-0.4, -0.2) is 33.7 Å². The van der Waals surface area contributed by atoms with Crippen molar-refractivity contribution >= 4 is 11.9 Å². The molecule has 1 saturated carbocycles. The first-order chi connectivity index (χ1) is 7.89. The highest BCUT2D eigenvalue weighted by molar-refractivity contribution is 5.78. The molecule has 98 valence electrons. The van der Waals surface area contributed by atoms with E-state index in [1.54, 1.807) is 0 Å². The first kappa shape index (κ1) is 14.0. The van der Waals surface area contributed by atoms with Crippen LogP contribution in [0.1, 0.15) is 51.9 Å². The fourth-order valence-electron chi connectivity index (χ4n) is 2.26. The highest BCUT2D eigenvalue weighted by Crippen LogP contribution is 2.19. The van der Waals surface area contributed by atoms with Gasteiger partial charge in [0, 0.05) is 6.04 Å². The minimum Gasteiger partial charge on any atom is -0.481 e. The van der Waals surface area contributed by atoms with Gasteiger partial charge >= 0.3 is 5.97 Å². The standard InChI is InChI=1S/C12H21NO4/c1-12(17,8-11(15)16)7-10(14)13-9-5-3-2-4-6-9/h9,17H,2-8H2,1H3,(H,13,14)(H,15,16). The van der Waals surface area contributed by atoms with Gasteiger partial charge in [-0.1, -0.05) is 19.3 Å². The van der Waals surface area contributed by atoms with Crippen LogP contribution in [0.4, 0.5) is 0 Å². The summed E-state index contributed by atoms with van der Waals surface area (Å²) >= 11 is 0. The van der Waals surface area contributed by atoms with Gasteiger partial charge in [-0.15, -0.1) is 0 Å². The molecule has 1 aliphatic rings. The van der Waals surface area contributed by atoms with E-state index in [0.717, 1.165) is 25.7 Å². The summed E-state index contributed by atoms with van der Waals surface area (Å²) in [5, 5.41) is 21.2. The summed E-state index contributed by atoms with van der Waals surface area (Å²) in [5.74, 6) is -1.36. The number of nitrogens with one attached hydrogen (secondary N) is 1. The van der Waals surface area contributed by atoms with Crippen molar-refractivity contribution in [3.63, 3.8) is 0 Å². The zero-order valence-corrected chi connectivity index (χ0v) is 10.2. The number of rotatable bonds is 5. The van der Waals surface area contributed by atoms with Crippen LogP contribution in [-0.2, 0) is 9.59 Å². The minimum atomic E-state index is -1.47. The van der Waals surface area contributed by atoms with Gasteiger partial charge in [-0.05, 0) is 19.8 Å². The van der Waals surface area contributed by atoms with Gasteiger partial charge in [0.2, 0.25) is 5.91 Å². The van der Waals surface area contributed by atoms with E-state index in [4.69, 9.17) is 5.11 Å². The highest BCUT2D eigenvalue weighted by Gasteiger charge is 2.28. The molecule has 5 heteroatoms. The molecule has 0 aromatic carbocycles. The minimum absolute atomic E-state index is 0.157. The molecule has 5 nitrogen and oxygen atoms in total. The molecule has 1 aliphatic carbocycles. The second-order valence-corrected chi connectivity index (χ2v) is 5.15. The molecule has 1 atom stereocenters. The number of carboxylic acids is 1. The Morgan fingerprint density at radius 2 is 1.82 bits per heavy atom. The second kappa shape index (κ2) is 6.00. The topological polar surface area (TPSA) is 86.6 Å². The molecule has 17 heavy (non-hydrogen) atoms.